The number of hydrazine groups is 1. The molecule has 3 N–H and O–H groups in total. The van der Waals surface area contributed by atoms with Crippen LogP contribution in [0.5, 0.6) is 0 Å². The van der Waals surface area contributed by atoms with Gasteiger partial charge in [-0.3, -0.25) is 15.8 Å². The summed E-state index contributed by atoms with van der Waals surface area (Å²) in [4.78, 5) is 8.79. The van der Waals surface area contributed by atoms with Gasteiger partial charge in [0.1, 0.15) is 5.82 Å². The average molecular weight is 344 g/mol. The van der Waals surface area contributed by atoms with E-state index in [1.54, 1.807) is 12.4 Å². The second-order valence-corrected chi connectivity index (χ2v) is 6.91. The van der Waals surface area contributed by atoms with E-state index in [2.05, 4.69) is 34.8 Å². The Balaban J connectivity index is 1.77. The molecule has 1 saturated heterocycles. The molecule has 4 unspecified atom stereocenters. The van der Waals surface area contributed by atoms with E-state index in [4.69, 9.17) is 4.98 Å². The Morgan fingerprint density at radius 1 is 1.24 bits per heavy atom. The van der Waals surface area contributed by atoms with Crippen molar-refractivity contribution >= 4 is 0 Å². The highest BCUT2D eigenvalue weighted by atomic mass is 16.3. The van der Waals surface area contributed by atoms with E-state index < -0.39 is 6.10 Å². The first-order valence-electron chi connectivity index (χ1n) is 9.11. The first-order chi connectivity index (χ1) is 12.1. The first kappa shape index (κ1) is 18.0. The normalized spacial score (nSPS) is 24.6. The molecule has 0 saturated carbocycles. The fraction of sp³-hybridized carbons (Fsp3) is 0.611. The third-order valence-corrected chi connectivity index (χ3v) is 5.14. The van der Waals surface area contributed by atoms with Gasteiger partial charge in [-0.2, -0.15) is 5.10 Å². The summed E-state index contributed by atoms with van der Waals surface area (Å²) in [7, 11) is 0. The third-order valence-electron chi connectivity index (χ3n) is 5.14. The van der Waals surface area contributed by atoms with Crippen LogP contribution in [0.25, 0.3) is 11.4 Å². The van der Waals surface area contributed by atoms with Crippen molar-refractivity contribution in [3.8, 4) is 11.4 Å². The number of rotatable bonds is 7. The number of aliphatic hydroxyl groups excluding tert-OH is 1. The van der Waals surface area contributed by atoms with Crippen LogP contribution in [0, 0.1) is 5.92 Å². The summed E-state index contributed by atoms with van der Waals surface area (Å²) in [5.41, 5.74) is 7.62. The van der Waals surface area contributed by atoms with Gasteiger partial charge >= 0.3 is 0 Å². The minimum atomic E-state index is -0.407. The predicted molar refractivity (Wildman–Crippen MR) is 96.6 cm³/mol. The average Bonchev–Trinajstić information content (AvgIpc) is 3.18. The van der Waals surface area contributed by atoms with Gasteiger partial charge in [0.15, 0.2) is 5.82 Å². The van der Waals surface area contributed by atoms with Gasteiger partial charge in [0, 0.05) is 36.5 Å². The Kier molecular flexibility index (Phi) is 5.78. The highest BCUT2D eigenvalue weighted by Gasteiger charge is 2.29. The molecule has 1 fully saturated rings. The fourth-order valence-electron chi connectivity index (χ4n) is 3.13. The maximum Gasteiger partial charge on any atom is 0.181 e. The van der Waals surface area contributed by atoms with Crippen molar-refractivity contribution in [1.82, 2.24) is 30.6 Å². The van der Waals surface area contributed by atoms with Gasteiger partial charge in [-0.15, -0.1) is 0 Å². The van der Waals surface area contributed by atoms with Gasteiger partial charge in [0.25, 0.3) is 0 Å². The summed E-state index contributed by atoms with van der Waals surface area (Å²) in [6, 6.07) is 4.70. The lowest BCUT2D eigenvalue weighted by molar-refractivity contribution is 0.143. The van der Waals surface area contributed by atoms with E-state index in [1.165, 1.54) is 0 Å². The van der Waals surface area contributed by atoms with E-state index >= 15 is 0 Å². The molecule has 0 aliphatic carbocycles. The number of hydrogen-bond donors (Lipinski definition) is 3. The zero-order valence-electron chi connectivity index (χ0n) is 15.2. The summed E-state index contributed by atoms with van der Waals surface area (Å²) >= 11 is 0. The maximum absolute atomic E-state index is 10.1. The van der Waals surface area contributed by atoms with Gasteiger partial charge in [0.05, 0.1) is 12.6 Å². The molecule has 4 atom stereocenters. The molecule has 25 heavy (non-hydrogen) atoms. The second-order valence-electron chi connectivity index (χ2n) is 6.91. The molecule has 2 aromatic rings. The summed E-state index contributed by atoms with van der Waals surface area (Å²) in [5.74, 6) is 2.18. The van der Waals surface area contributed by atoms with E-state index in [0.717, 1.165) is 24.2 Å². The van der Waals surface area contributed by atoms with Gasteiger partial charge < -0.3 is 5.11 Å². The molecule has 3 heterocycles. The predicted octanol–water partition coefficient (Wildman–Crippen LogP) is 1.54. The molecule has 7 nitrogen and oxygen atoms in total. The van der Waals surface area contributed by atoms with Crippen molar-refractivity contribution in [3.63, 3.8) is 0 Å². The van der Waals surface area contributed by atoms with Crippen LogP contribution in [0.3, 0.4) is 0 Å². The minimum absolute atomic E-state index is 0.407. The smallest absolute Gasteiger partial charge is 0.181 e. The number of pyridine rings is 1. The number of aliphatic hydroxyl groups is 1. The largest absolute Gasteiger partial charge is 0.391 e. The molecule has 7 heteroatoms. The summed E-state index contributed by atoms with van der Waals surface area (Å²) in [5, 5.41) is 14.7. The monoisotopic (exact) mass is 344 g/mol. The highest BCUT2D eigenvalue weighted by molar-refractivity contribution is 5.53. The summed E-state index contributed by atoms with van der Waals surface area (Å²) in [6.45, 7) is 6.91. The number of nitrogens with one attached hydrogen (secondary N) is 2. The molecular weight excluding hydrogens is 316 g/mol. The Morgan fingerprint density at radius 3 is 2.64 bits per heavy atom. The van der Waals surface area contributed by atoms with Crippen LogP contribution in [-0.4, -0.2) is 43.0 Å². The van der Waals surface area contributed by atoms with Gasteiger partial charge in [-0.05, 0) is 37.8 Å². The van der Waals surface area contributed by atoms with Crippen LogP contribution in [0.1, 0.15) is 39.4 Å². The molecule has 3 rings (SSSR count). The van der Waals surface area contributed by atoms with Gasteiger partial charge in [0.2, 0.25) is 0 Å². The first-order valence-corrected chi connectivity index (χ1v) is 9.11. The number of aromatic nitrogens is 4. The zero-order chi connectivity index (χ0) is 17.8. The quantitative estimate of drug-likeness (QED) is 0.706. The summed E-state index contributed by atoms with van der Waals surface area (Å²) < 4.78 is 1.86. The third kappa shape index (κ3) is 4.23. The fourth-order valence-corrected chi connectivity index (χ4v) is 3.13. The lowest BCUT2D eigenvalue weighted by Gasteiger charge is -2.16. The molecule has 2 aromatic heterocycles. The molecule has 0 aromatic carbocycles. The van der Waals surface area contributed by atoms with Crippen molar-refractivity contribution in [1.29, 1.82) is 0 Å². The number of nitrogens with zero attached hydrogens (tertiary/aromatic N) is 4. The van der Waals surface area contributed by atoms with Gasteiger partial charge in [-0.1, -0.05) is 13.8 Å². The minimum Gasteiger partial charge on any atom is -0.391 e. The Morgan fingerprint density at radius 2 is 2.00 bits per heavy atom. The Bertz CT molecular complexity index is 673. The van der Waals surface area contributed by atoms with E-state index in [9.17, 15) is 5.11 Å². The molecule has 0 spiro atoms. The lowest BCUT2D eigenvalue weighted by atomic mass is 9.94. The van der Waals surface area contributed by atoms with Crippen molar-refractivity contribution < 1.29 is 5.11 Å². The SMILES string of the molecule is CCC(O)Cn1nc(-c2ccncc2)nc1CCC1NNC(C)C1C. The van der Waals surface area contributed by atoms with E-state index in [1.807, 2.05) is 23.7 Å². The molecular formula is C18H28N6O. The second kappa shape index (κ2) is 8.03. The molecule has 136 valence electrons. The van der Waals surface area contributed by atoms with Crippen molar-refractivity contribution in [2.45, 2.75) is 64.8 Å². The summed E-state index contributed by atoms with van der Waals surface area (Å²) in [6.07, 6.45) is 5.59. The van der Waals surface area contributed by atoms with Crippen LogP contribution in [0.15, 0.2) is 24.5 Å². The highest BCUT2D eigenvalue weighted by Crippen LogP contribution is 2.20. The standard InChI is InChI=1S/C18H28N6O/c1-4-15(25)11-24-17(6-5-16-12(2)13(3)21-22-16)20-18(23-24)14-7-9-19-10-8-14/h7-10,12-13,15-16,21-22,25H,4-6,11H2,1-3H3. The topological polar surface area (TPSA) is 87.9 Å². The van der Waals surface area contributed by atoms with Crippen molar-refractivity contribution in [3.05, 3.63) is 30.4 Å². The molecule has 0 radical (unpaired) electrons. The van der Waals surface area contributed by atoms with Crippen LogP contribution >= 0.6 is 0 Å². The maximum atomic E-state index is 10.1. The lowest BCUT2D eigenvalue weighted by Crippen LogP contribution is -2.32. The van der Waals surface area contributed by atoms with E-state index in [0.29, 0.717) is 36.8 Å². The molecule has 0 amide bonds. The van der Waals surface area contributed by atoms with Crippen molar-refractivity contribution in [2.24, 2.45) is 5.92 Å². The van der Waals surface area contributed by atoms with Crippen LogP contribution in [0.2, 0.25) is 0 Å². The molecule has 0 bridgehead atoms. The van der Waals surface area contributed by atoms with E-state index in [-0.39, 0.29) is 0 Å². The zero-order valence-corrected chi connectivity index (χ0v) is 15.2. The number of hydrogen-bond acceptors (Lipinski definition) is 6. The number of aryl methyl sites for hydroxylation is 1. The van der Waals surface area contributed by atoms with Crippen LogP contribution in [0.4, 0.5) is 0 Å². The molecule has 1 aliphatic rings. The Labute approximate surface area is 148 Å². The van der Waals surface area contributed by atoms with Gasteiger partial charge in [-0.25, -0.2) is 9.67 Å². The molecule has 1 aliphatic heterocycles. The Hall–Kier alpha value is -1.83. The van der Waals surface area contributed by atoms with Crippen LogP contribution < -0.4 is 10.9 Å². The van der Waals surface area contributed by atoms with Crippen LogP contribution in [-0.2, 0) is 13.0 Å². The van der Waals surface area contributed by atoms with Crippen molar-refractivity contribution in [2.75, 3.05) is 0 Å².